The molecule has 0 N–H and O–H groups in total. The van der Waals surface area contributed by atoms with Crippen molar-refractivity contribution < 1.29 is 14.3 Å². The average molecular weight is 343 g/mol. The van der Waals surface area contributed by atoms with Crippen molar-refractivity contribution in [3.8, 4) is 11.8 Å². The van der Waals surface area contributed by atoms with Crippen LogP contribution in [0.15, 0.2) is 24.3 Å². The zero-order valence-electron chi connectivity index (χ0n) is 15.4. The number of esters is 1. The number of nitrogens with zero attached hydrogens (tertiary/aromatic N) is 1. The highest BCUT2D eigenvalue weighted by molar-refractivity contribution is 5.89. The van der Waals surface area contributed by atoms with Crippen molar-refractivity contribution in [1.29, 1.82) is 5.26 Å². The van der Waals surface area contributed by atoms with Crippen LogP contribution in [0, 0.1) is 16.7 Å². The predicted octanol–water partition coefficient (Wildman–Crippen LogP) is 5.27. The lowest BCUT2D eigenvalue weighted by Gasteiger charge is -2.34. The Morgan fingerprint density at radius 2 is 1.88 bits per heavy atom. The first-order valence-electron chi connectivity index (χ1n) is 9.47. The molecule has 1 aromatic carbocycles. The minimum atomic E-state index is -0.288. The van der Waals surface area contributed by atoms with E-state index in [0.29, 0.717) is 12.2 Å². The van der Waals surface area contributed by atoms with Crippen LogP contribution in [-0.2, 0) is 4.74 Å². The summed E-state index contributed by atoms with van der Waals surface area (Å²) in [4.78, 5) is 12.3. The average Bonchev–Trinajstić information content (AvgIpc) is 2.64. The molecule has 4 nitrogen and oxygen atoms in total. The van der Waals surface area contributed by atoms with Crippen molar-refractivity contribution in [2.24, 2.45) is 5.41 Å². The number of rotatable bonds is 8. The summed E-state index contributed by atoms with van der Waals surface area (Å²) in [5.41, 5.74) is 0.334. The Kier molecular flexibility index (Phi) is 7.31. The summed E-state index contributed by atoms with van der Waals surface area (Å²) in [7, 11) is 0. The van der Waals surface area contributed by atoms with Crippen molar-refractivity contribution in [1.82, 2.24) is 0 Å². The molecule has 0 aliphatic heterocycles. The van der Waals surface area contributed by atoms with E-state index < -0.39 is 0 Å². The molecule has 1 aliphatic rings. The lowest BCUT2D eigenvalue weighted by molar-refractivity contribution is 0.0105. The molecule has 136 valence electrons. The number of hydrogen-bond acceptors (Lipinski definition) is 4. The van der Waals surface area contributed by atoms with Gasteiger partial charge in [-0.15, -0.1) is 0 Å². The normalized spacial score (nSPS) is 22.8. The van der Waals surface area contributed by atoms with E-state index in [1.807, 2.05) is 6.92 Å². The van der Waals surface area contributed by atoms with Crippen molar-refractivity contribution in [3.63, 3.8) is 0 Å². The van der Waals surface area contributed by atoms with Gasteiger partial charge in [0.25, 0.3) is 0 Å². The standard InChI is InChI=1S/C21H29NO3/c1-3-5-6-13-21(16-22)14-11-19(12-15-21)25-20(23)17-7-9-18(10-8-17)24-4-2/h7-10,19H,3-6,11-15H2,1-2H3/t19-,21+. The van der Waals surface area contributed by atoms with Gasteiger partial charge in [0.2, 0.25) is 0 Å². The molecule has 1 aliphatic carbocycles. The van der Waals surface area contributed by atoms with E-state index in [1.54, 1.807) is 24.3 Å². The summed E-state index contributed by atoms with van der Waals surface area (Å²) in [6.45, 7) is 4.70. The van der Waals surface area contributed by atoms with Crippen LogP contribution in [0.1, 0.15) is 75.6 Å². The van der Waals surface area contributed by atoms with Crippen molar-refractivity contribution in [3.05, 3.63) is 29.8 Å². The summed E-state index contributed by atoms with van der Waals surface area (Å²) < 4.78 is 11.0. The van der Waals surface area contributed by atoms with Crippen molar-refractivity contribution in [2.75, 3.05) is 6.61 Å². The fourth-order valence-corrected chi connectivity index (χ4v) is 3.47. The molecule has 0 bridgehead atoms. The van der Waals surface area contributed by atoms with Crippen molar-refractivity contribution in [2.45, 2.75) is 71.3 Å². The number of nitriles is 1. The van der Waals surface area contributed by atoms with Gasteiger partial charge in [0, 0.05) is 0 Å². The molecule has 0 heterocycles. The predicted molar refractivity (Wildman–Crippen MR) is 97.5 cm³/mol. The van der Waals surface area contributed by atoms with Gasteiger partial charge in [0.1, 0.15) is 11.9 Å². The van der Waals surface area contributed by atoms with Gasteiger partial charge in [-0.05, 0) is 63.3 Å². The van der Waals surface area contributed by atoms with E-state index in [-0.39, 0.29) is 17.5 Å². The SMILES string of the molecule is CCCCC[C@]1(C#N)CC[C@@H](OC(=O)c2ccc(OCC)cc2)CC1. The van der Waals surface area contributed by atoms with E-state index in [9.17, 15) is 10.1 Å². The third-order valence-electron chi connectivity index (χ3n) is 5.06. The summed E-state index contributed by atoms with van der Waals surface area (Å²) in [6.07, 6.45) is 7.57. The van der Waals surface area contributed by atoms with Gasteiger partial charge < -0.3 is 9.47 Å². The zero-order chi connectivity index (χ0) is 18.1. The highest BCUT2D eigenvalue weighted by Gasteiger charge is 2.36. The Morgan fingerprint density at radius 3 is 2.44 bits per heavy atom. The molecule has 1 aromatic rings. The van der Waals surface area contributed by atoms with Crippen LogP contribution in [0.4, 0.5) is 0 Å². The quantitative estimate of drug-likeness (QED) is 0.476. The summed E-state index contributed by atoms with van der Waals surface area (Å²) in [6, 6.07) is 9.59. The summed E-state index contributed by atoms with van der Waals surface area (Å²) in [5.74, 6) is 0.464. The molecule has 25 heavy (non-hydrogen) atoms. The van der Waals surface area contributed by atoms with Crippen LogP contribution in [0.3, 0.4) is 0 Å². The Morgan fingerprint density at radius 1 is 1.20 bits per heavy atom. The minimum Gasteiger partial charge on any atom is -0.494 e. The summed E-state index contributed by atoms with van der Waals surface area (Å²) >= 11 is 0. The van der Waals surface area contributed by atoms with E-state index in [0.717, 1.165) is 44.3 Å². The number of unbranched alkanes of at least 4 members (excludes halogenated alkanes) is 2. The Bertz CT molecular complexity index is 580. The molecule has 1 saturated carbocycles. The second-order valence-electron chi connectivity index (χ2n) is 6.91. The van der Waals surface area contributed by atoms with Crippen LogP contribution in [0.2, 0.25) is 0 Å². The fourth-order valence-electron chi connectivity index (χ4n) is 3.47. The Labute approximate surface area is 151 Å². The third kappa shape index (κ3) is 5.49. The number of benzene rings is 1. The maximum Gasteiger partial charge on any atom is 0.338 e. The molecule has 0 amide bonds. The third-order valence-corrected chi connectivity index (χ3v) is 5.06. The van der Waals surface area contributed by atoms with Gasteiger partial charge in [-0.25, -0.2) is 4.79 Å². The number of hydrogen-bond donors (Lipinski definition) is 0. The molecule has 2 rings (SSSR count). The highest BCUT2D eigenvalue weighted by atomic mass is 16.5. The van der Waals surface area contributed by atoms with E-state index >= 15 is 0 Å². The number of ether oxygens (including phenoxy) is 2. The molecular formula is C21H29NO3. The molecule has 0 radical (unpaired) electrons. The van der Waals surface area contributed by atoms with Crippen LogP contribution in [-0.4, -0.2) is 18.7 Å². The molecule has 0 atom stereocenters. The zero-order valence-corrected chi connectivity index (χ0v) is 15.4. The second kappa shape index (κ2) is 9.46. The smallest absolute Gasteiger partial charge is 0.338 e. The van der Waals surface area contributed by atoms with E-state index in [2.05, 4.69) is 13.0 Å². The Balaban J connectivity index is 1.84. The van der Waals surface area contributed by atoms with Gasteiger partial charge in [0.05, 0.1) is 23.7 Å². The first-order chi connectivity index (χ1) is 12.1. The topological polar surface area (TPSA) is 59.3 Å². The maximum atomic E-state index is 12.3. The lowest BCUT2D eigenvalue weighted by Crippen LogP contribution is -2.31. The molecule has 0 spiro atoms. The van der Waals surface area contributed by atoms with E-state index in [4.69, 9.17) is 9.47 Å². The first kappa shape index (κ1) is 19.3. The van der Waals surface area contributed by atoms with Gasteiger partial charge in [-0.1, -0.05) is 26.2 Å². The highest BCUT2D eigenvalue weighted by Crippen LogP contribution is 2.41. The van der Waals surface area contributed by atoms with Gasteiger partial charge in [-0.3, -0.25) is 0 Å². The second-order valence-corrected chi connectivity index (χ2v) is 6.91. The molecule has 4 heteroatoms. The Hall–Kier alpha value is -2.02. The fraction of sp³-hybridized carbons (Fsp3) is 0.619. The number of carbonyl (C=O) groups is 1. The summed E-state index contributed by atoms with van der Waals surface area (Å²) in [5, 5.41) is 9.59. The molecule has 0 unspecified atom stereocenters. The van der Waals surface area contributed by atoms with Crippen LogP contribution < -0.4 is 4.74 Å². The lowest BCUT2D eigenvalue weighted by atomic mass is 9.71. The van der Waals surface area contributed by atoms with Crippen LogP contribution in [0.25, 0.3) is 0 Å². The maximum absolute atomic E-state index is 12.3. The van der Waals surface area contributed by atoms with Crippen molar-refractivity contribution >= 4 is 5.97 Å². The van der Waals surface area contributed by atoms with E-state index in [1.165, 1.54) is 12.8 Å². The first-order valence-corrected chi connectivity index (χ1v) is 9.47. The largest absolute Gasteiger partial charge is 0.494 e. The van der Waals surface area contributed by atoms with Gasteiger partial charge in [-0.2, -0.15) is 5.26 Å². The van der Waals surface area contributed by atoms with Crippen LogP contribution >= 0.6 is 0 Å². The molecular weight excluding hydrogens is 314 g/mol. The molecule has 0 saturated heterocycles. The number of carbonyl (C=O) groups excluding carboxylic acids is 1. The molecule has 1 fully saturated rings. The monoisotopic (exact) mass is 343 g/mol. The molecule has 0 aromatic heterocycles. The minimum absolute atomic E-state index is 0.0771. The van der Waals surface area contributed by atoms with Gasteiger partial charge >= 0.3 is 5.97 Å². The van der Waals surface area contributed by atoms with Crippen LogP contribution in [0.5, 0.6) is 5.75 Å². The van der Waals surface area contributed by atoms with Gasteiger partial charge in [0.15, 0.2) is 0 Å².